The average molecular weight is 372 g/mol. The summed E-state index contributed by atoms with van der Waals surface area (Å²) in [6.45, 7) is 2.01. The van der Waals surface area contributed by atoms with Gasteiger partial charge in [-0.1, -0.05) is 11.6 Å². The van der Waals surface area contributed by atoms with Crippen molar-refractivity contribution in [2.24, 2.45) is 0 Å². The quantitative estimate of drug-likeness (QED) is 0.812. The minimum Gasteiger partial charge on any atom is -0.444 e. The summed E-state index contributed by atoms with van der Waals surface area (Å²) in [5.74, 6) is -0.324. The van der Waals surface area contributed by atoms with Gasteiger partial charge in [-0.3, -0.25) is 9.59 Å². The summed E-state index contributed by atoms with van der Waals surface area (Å²) in [6.07, 6.45) is 1.08. The molecule has 7 heteroatoms. The maximum absolute atomic E-state index is 12.4. The van der Waals surface area contributed by atoms with Gasteiger partial charge in [-0.15, -0.1) is 0 Å². The number of halogens is 2. The zero-order chi connectivity index (χ0) is 15.4. The van der Waals surface area contributed by atoms with Crippen LogP contribution >= 0.6 is 27.5 Å². The number of benzene rings is 1. The summed E-state index contributed by atoms with van der Waals surface area (Å²) >= 11 is 9.12. The molecule has 0 saturated heterocycles. The fourth-order valence-corrected chi connectivity index (χ4v) is 2.45. The van der Waals surface area contributed by atoms with Gasteiger partial charge in [-0.05, 0) is 53.2 Å². The summed E-state index contributed by atoms with van der Waals surface area (Å²) < 4.78 is 7.03. The van der Waals surface area contributed by atoms with E-state index in [1.165, 1.54) is 0 Å². The van der Waals surface area contributed by atoms with E-state index in [-0.39, 0.29) is 5.91 Å². The number of amides is 1. The van der Waals surface area contributed by atoms with Crippen molar-refractivity contribution in [3.8, 4) is 0 Å². The number of rotatable bonds is 5. The third-order valence-corrected chi connectivity index (χ3v) is 3.72. The van der Waals surface area contributed by atoms with Crippen LogP contribution in [0.5, 0.6) is 0 Å². The Bertz CT molecular complexity index is 655. The van der Waals surface area contributed by atoms with Gasteiger partial charge >= 0.3 is 0 Å². The van der Waals surface area contributed by atoms with Gasteiger partial charge < -0.3 is 14.6 Å². The van der Waals surface area contributed by atoms with Crippen LogP contribution in [0, 0.1) is 0 Å². The van der Waals surface area contributed by atoms with Gasteiger partial charge in [0.05, 0.1) is 0 Å². The topological polar surface area (TPSA) is 60.3 Å². The third-order valence-electron chi connectivity index (χ3n) is 2.83. The van der Waals surface area contributed by atoms with Gasteiger partial charge in [-0.2, -0.15) is 0 Å². The second-order valence-electron chi connectivity index (χ2n) is 4.21. The first kappa shape index (κ1) is 15.6. The van der Waals surface area contributed by atoms with Crippen molar-refractivity contribution in [2.45, 2.75) is 13.2 Å². The fourth-order valence-electron chi connectivity index (χ4n) is 1.82. The second kappa shape index (κ2) is 6.78. The lowest BCUT2D eigenvalue weighted by Gasteiger charge is -2.15. The highest BCUT2D eigenvalue weighted by molar-refractivity contribution is 9.10. The Morgan fingerprint density at radius 2 is 2.05 bits per heavy atom. The number of anilines is 1. The van der Waals surface area contributed by atoms with E-state index in [1.807, 2.05) is 0 Å². The molecule has 5 nitrogen and oxygen atoms in total. The van der Waals surface area contributed by atoms with Gasteiger partial charge in [0.15, 0.2) is 6.23 Å². The Morgan fingerprint density at radius 3 is 2.67 bits per heavy atom. The number of carbonyl (C=O) groups is 2. The zero-order valence-corrected chi connectivity index (χ0v) is 13.4. The lowest BCUT2D eigenvalue weighted by Crippen LogP contribution is -2.20. The Kier molecular flexibility index (Phi) is 5.03. The van der Waals surface area contributed by atoms with Crippen LogP contribution in [0.3, 0.4) is 0 Å². The number of carbonyl (C=O) groups excluding carboxylic acids is 2. The van der Waals surface area contributed by atoms with Crippen LogP contribution in [-0.4, -0.2) is 16.9 Å². The van der Waals surface area contributed by atoms with E-state index in [2.05, 4.69) is 21.2 Å². The number of hydrogen-bond acceptors (Lipinski definition) is 3. The number of ether oxygens (including phenoxy) is 1. The van der Waals surface area contributed by atoms with E-state index >= 15 is 0 Å². The first-order chi connectivity index (χ1) is 10.0. The van der Waals surface area contributed by atoms with Crippen LogP contribution in [0.1, 0.15) is 23.6 Å². The Morgan fingerprint density at radius 1 is 1.38 bits per heavy atom. The first-order valence-corrected chi connectivity index (χ1v) is 7.22. The van der Waals surface area contributed by atoms with E-state index in [0.717, 1.165) is 0 Å². The van der Waals surface area contributed by atoms with Gasteiger partial charge in [0, 0.05) is 21.4 Å². The minimum absolute atomic E-state index is 0.324. The molecule has 1 aromatic carbocycles. The maximum atomic E-state index is 12.4. The molecular weight excluding hydrogens is 360 g/mol. The summed E-state index contributed by atoms with van der Waals surface area (Å²) in [7, 11) is 0. The molecule has 0 aliphatic carbocycles. The van der Waals surface area contributed by atoms with Gasteiger partial charge in [0.25, 0.3) is 12.4 Å². The standard InChI is InChI=1S/C14H12BrClN2O3/c1-9(21-8-19)18-7-6-12(15)13(18)14(20)17-11-4-2-10(16)3-5-11/h2-9H,1H3,(H,17,20). The summed E-state index contributed by atoms with van der Waals surface area (Å²) in [5, 5.41) is 3.35. The SMILES string of the molecule is CC(OC=O)n1ccc(Br)c1C(=O)Nc1ccc(Cl)cc1. The highest BCUT2D eigenvalue weighted by Gasteiger charge is 2.19. The van der Waals surface area contributed by atoms with Crippen LogP contribution in [0.25, 0.3) is 0 Å². The number of nitrogens with zero attached hydrogens (tertiary/aromatic N) is 1. The molecular formula is C14H12BrClN2O3. The molecule has 0 saturated carbocycles. The zero-order valence-electron chi connectivity index (χ0n) is 11.0. The highest BCUT2D eigenvalue weighted by atomic mass is 79.9. The minimum atomic E-state index is -0.584. The van der Waals surface area contributed by atoms with Crippen molar-refractivity contribution in [2.75, 3.05) is 5.32 Å². The molecule has 1 heterocycles. The molecule has 0 radical (unpaired) electrons. The van der Waals surface area contributed by atoms with Crippen molar-refractivity contribution >= 4 is 45.6 Å². The lowest BCUT2D eigenvalue weighted by atomic mass is 10.3. The normalized spacial score (nSPS) is 11.8. The summed E-state index contributed by atoms with van der Waals surface area (Å²) in [4.78, 5) is 22.8. The summed E-state index contributed by atoms with van der Waals surface area (Å²) in [6, 6.07) is 8.48. The van der Waals surface area contributed by atoms with Gasteiger partial charge in [0.2, 0.25) is 0 Å². The molecule has 21 heavy (non-hydrogen) atoms. The smallest absolute Gasteiger partial charge is 0.295 e. The molecule has 1 atom stereocenters. The van der Waals surface area contributed by atoms with E-state index in [4.69, 9.17) is 16.3 Å². The van der Waals surface area contributed by atoms with E-state index in [1.54, 1.807) is 48.0 Å². The molecule has 2 aromatic rings. The fraction of sp³-hybridized carbons (Fsp3) is 0.143. The Balaban J connectivity index is 2.24. The monoisotopic (exact) mass is 370 g/mol. The molecule has 1 aromatic heterocycles. The Labute approximate surface area is 135 Å². The lowest BCUT2D eigenvalue weighted by molar-refractivity contribution is -0.136. The van der Waals surface area contributed by atoms with Crippen LogP contribution in [0.15, 0.2) is 41.0 Å². The van der Waals surface area contributed by atoms with Crippen LogP contribution in [0.4, 0.5) is 5.69 Å². The molecule has 2 rings (SSSR count). The van der Waals surface area contributed by atoms with E-state index < -0.39 is 6.23 Å². The molecule has 0 bridgehead atoms. The van der Waals surface area contributed by atoms with Crippen molar-refractivity contribution in [3.63, 3.8) is 0 Å². The van der Waals surface area contributed by atoms with Crippen LogP contribution in [0.2, 0.25) is 5.02 Å². The predicted octanol–water partition coefficient (Wildman–Crippen LogP) is 3.85. The van der Waals surface area contributed by atoms with Gasteiger partial charge in [0.1, 0.15) is 5.69 Å². The maximum Gasteiger partial charge on any atom is 0.295 e. The molecule has 1 N–H and O–H groups in total. The van der Waals surface area contributed by atoms with Gasteiger partial charge in [-0.25, -0.2) is 0 Å². The third kappa shape index (κ3) is 3.65. The number of nitrogens with one attached hydrogen (secondary N) is 1. The molecule has 110 valence electrons. The van der Waals surface area contributed by atoms with Crippen molar-refractivity contribution in [1.29, 1.82) is 0 Å². The van der Waals surface area contributed by atoms with Crippen LogP contribution in [-0.2, 0) is 9.53 Å². The molecule has 0 fully saturated rings. The molecule has 0 aliphatic heterocycles. The highest BCUT2D eigenvalue weighted by Crippen LogP contribution is 2.24. The second-order valence-corrected chi connectivity index (χ2v) is 5.50. The van der Waals surface area contributed by atoms with E-state index in [0.29, 0.717) is 27.3 Å². The molecule has 0 aliphatic rings. The first-order valence-electron chi connectivity index (χ1n) is 6.05. The number of hydrogen-bond donors (Lipinski definition) is 1. The van der Waals surface area contributed by atoms with E-state index in [9.17, 15) is 9.59 Å². The summed E-state index contributed by atoms with van der Waals surface area (Å²) in [5.41, 5.74) is 0.979. The van der Waals surface area contributed by atoms with Crippen molar-refractivity contribution in [1.82, 2.24) is 4.57 Å². The van der Waals surface area contributed by atoms with Crippen LogP contribution < -0.4 is 5.32 Å². The van der Waals surface area contributed by atoms with Crippen molar-refractivity contribution < 1.29 is 14.3 Å². The Hall–Kier alpha value is -1.79. The van der Waals surface area contributed by atoms with Crippen molar-refractivity contribution in [3.05, 3.63) is 51.7 Å². The molecule has 1 unspecified atom stereocenters. The number of aromatic nitrogens is 1. The molecule has 1 amide bonds. The largest absolute Gasteiger partial charge is 0.444 e. The predicted molar refractivity (Wildman–Crippen MR) is 83.4 cm³/mol. The molecule has 0 spiro atoms. The average Bonchev–Trinajstić information content (AvgIpc) is 2.83.